The standard InChI is InChI=1S/C15H24N2O3S2/c1-4-14-13-6-8-21-15(13)5-7-17(14)22(18,19)16-9-11(2)20-12(3)10-16/h6,8,11-12,14H,4-5,7,9-10H2,1-3H3/t11-,12-,14+/m0/s1. The molecule has 22 heavy (non-hydrogen) atoms. The zero-order valence-electron chi connectivity index (χ0n) is 13.4. The molecule has 0 bridgehead atoms. The Morgan fingerprint density at radius 1 is 1.32 bits per heavy atom. The molecule has 3 heterocycles. The first-order chi connectivity index (χ1) is 10.4. The maximum atomic E-state index is 13.1. The molecule has 0 amide bonds. The molecular weight excluding hydrogens is 320 g/mol. The van der Waals surface area contributed by atoms with E-state index < -0.39 is 10.2 Å². The molecule has 1 aromatic heterocycles. The number of fused-ring (bicyclic) bond motifs is 1. The molecule has 0 spiro atoms. The quantitative estimate of drug-likeness (QED) is 0.846. The third-order valence-electron chi connectivity index (χ3n) is 4.44. The monoisotopic (exact) mass is 344 g/mol. The molecule has 3 atom stereocenters. The first kappa shape index (κ1) is 16.4. The fourth-order valence-electron chi connectivity index (χ4n) is 3.54. The molecule has 2 aliphatic rings. The normalized spacial score (nSPS) is 31.1. The average molecular weight is 345 g/mol. The van der Waals surface area contributed by atoms with Crippen molar-refractivity contribution in [2.24, 2.45) is 0 Å². The van der Waals surface area contributed by atoms with Crippen LogP contribution in [0.15, 0.2) is 11.4 Å². The molecule has 0 unspecified atom stereocenters. The Hall–Kier alpha value is -0.470. The summed E-state index contributed by atoms with van der Waals surface area (Å²) in [6, 6.07) is 2.05. The Morgan fingerprint density at radius 2 is 2.00 bits per heavy atom. The number of rotatable bonds is 3. The van der Waals surface area contributed by atoms with Gasteiger partial charge in [0.05, 0.1) is 18.2 Å². The van der Waals surface area contributed by atoms with E-state index in [1.165, 1.54) is 10.4 Å². The summed E-state index contributed by atoms with van der Waals surface area (Å²) >= 11 is 1.74. The summed E-state index contributed by atoms with van der Waals surface area (Å²) in [5.74, 6) is 0. The average Bonchev–Trinajstić information content (AvgIpc) is 2.93. The number of thiophene rings is 1. The predicted molar refractivity (Wildman–Crippen MR) is 88.3 cm³/mol. The van der Waals surface area contributed by atoms with Gasteiger partial charge in [0, 0.05) is 24.5 Å². The number of ether oxygens (including phenoxy) is 1. The lowest BCUT2D eigenvalue weighted by Gasteiger charge is -2.41. The van der Waals surface area contributed by atoms with E-state index >= 15 is 0 Å². The Balaban J connectivity index is 1.89. The number of hydrogen-bond acceptors (Lipinski definition) is 4. The molecule has 0 saturated carbocycles. The molecule has 0 aromatic carbocycles. The maximum absolute atomic E-state index is 13.1. The van der Waals surface area contributed by atoms with Crippen LogP contribution < -0.4 is 0 Å². The van der Waals surface area contributed by atoms with Crippen molar-refractivity contribution in [3.05, 3.63) is 21.9 Å². The van der Waals surface area contributed by atoms with Gasteiger partial charge in [0.2, 0.25) is 0 Å². The summed E-state index contributed by atoms with van der Waals surface area (Å²) in [5.41, 5.74) is 1.19. The molecule has 3 rings (SSSR count). The van der Waals surface area contributed by atoms with Crippen LogP contribution in [-0.4, -0.2) is 48.9 Å². The Morgan fingerprint density at radius 3 is 2.64 bits per heavy atom. The van der Waals surface area contributed by atoms with Gasteiger partial charge in [-0.25, -0.2) is 0 Å². The zero-order valence-corrected chi connectivity index (χ0v) is 15.0. The van der Waals surface area contributed by atoms with Gasteiger partial charge >= 0.3 is 0 Å². The van der Waals surface area contributed by atoms with Gasteiger partial charge < -0.3 is 4.74 Å². The van der Waals surface area contributed by atoms with Crippen molar-refractivity contribution in [2.45, 2.75) is 51.9 Å². The lowest BCUT2D eigenvalue weighted by Crippen LogP contribution is -2.54. The first-order valence-corrected chi connectivity index (χ1v) is 10.2. The van der Waals surface area contributed by atoms with E-state index in [0.717, 1.165) is 12.8 Å². The lowest BCUT2D eigenvalue weighted by molar-refractivity contribution is -0.0458. The number of nitrogens with zero attached hydrogens (tertiary/aromatic N) is 2. The van der Waals surface area contributed by atoms with Crippen molar-refractivity contribution in [2.75, 3.05) is 19.6 Å². The molecule has 1 aromatic rings. The Bertz CT molecular complexity index is 618. The van der Waals surface area contributed by atoms with Crippen LogP contribution in [0.4, 0.5) is 0 Å². The largest absolute Gasteiger partial charge is 0.373 e. The second-order valence-corrected chi connectivity index (χ2v) is 9.05. The molecule has 0 aliphatic carbocycles. The minimum absolute atomic E-state index is 0.0338. The molecule has 7 heteroatoms. The van der Waals surface area contributed by atoms with E-state index in [-0.39, 0.29) is 18.2 Å². The van der Waals surface area contributed by atoms with Crippen LogP contribution in [0.3, 0.4) is 0 Å². The van der Waals surface area contributed by atoms with Gasteiger partial charge in [0.1, 0.15) is 0 Å². The van der Waals surface area contributed by atoms with Crippen molar-refractivity contribution in [3.63, 3.8) is 0 Å². The highest BCUT2D eigenvalue weighted by Gasteiger charge is 2.40. The van der Waals surface area contributed by atoms with E-state index in [1.54, 1.807) is 19.9 Å². The highest BCUT2D eigenvalue weighted by molar-refractivity contribution is 7.86. The molecular formula is C15H24N2O3S2. The molecule has 0 radical (unpaired) electrons. The summed E-state index contributed by atoms with van der Waals surface area (Å²) < 4.78 is 35.2. The van der Waals surface area contributed by atoms with E-state index in [1.807, 2.05) is 13.8 Å². The highest BCUT2D eigenvalue weighted by Crippen LogP contribution is 2.37. The maximum Gasteiger partial charge on any atom is 0.282 e. The van der Waals surface area contributed by atoms with Crippen molar-refractivity contribution in [1.29, 1.82) is 0 Å². The molecule has 5 nitrogen and oxygen atoms in total. The van der Waals surface area contributed by atoms with Crippen LogP contribution in [0.1, 0.15) is 43.7 Å². The van der Waals surface area contributed by atoms with Crippen LogP contribution >= 0.6 is 11.3 Å². The van der Waals surface area contributed by atoms with Crippen molar-refractivity contribution in [1.82, 2.24) is 8.61 Å². The first-order valence-electron chi connectivity index (χ1n) is 7.92. The lowest BCUT2D eigenvalue weighted by atomic mass is 10.0. The topological polar surface area (TPSA) is 49.9 Å². The van der Waals surface area contributed by atoms with Gasteiger partial charge in [0.25, 0.3) is 10.2 Å². The molecule has 124 valence electrons. The van der Waals surface area contributed by atoms with E-state index in [2.05, 4.69) is 18.4 Å². The minimum atomic E-state index is -3.44. The number of morpholine rings is 1. The Kier molecular flexibility index (Phi) is 4.62. The van der Waals surface area contributed by atoms with Gasteiger partial charge in [-0.05, 0) is 43.7 Å². The predicted octanol–water partition coefficient (Wildman–Crippen LogP) is 2.41. The fourth-order valence-corrected chi connectivity index (χ4v) is 6.47. The molecule has 0 N–H and O–H groups in total. The van der Waals surface area contributed by atoms with E-state index in [9.17, 15) is 8.42 Å². The zero-order chi connectivity index (χ0) is 15.9. The Labute approximate surface area is 137 Å². The van der Waals surface area contributed by atoms with Crippen LogP contribution in [0.5, 0.6) is 0 Å². The highest BCUT2D eigenvalue weighted by atomic mass is 32.2. The van der Waals surface area contributed by atoms with E-state index in [0.29, 0.717) is 19.6 Å². The van der Waals surface area contributed by atoms with Gasteiger partial charge in [0.15, 0.2) is 0 Å². The van der Waals surface area contributed by atoms with Crippen molar-refractivity contribution in [3.8, 4) is 0 Å². The summed E-state index contributed by atoms with van der Waals surface area (Å²) in [6.45, 7) is 7.39. The molecule has 1 fully saturated rings. The summed E-state index contributed by atoms with van der Waals surface area (Å²) in [6.07, 6.45) is 1.51. The second kappa shape index (κ2) is 6.20. The van der Waals surface area contributed by atoms with Crippen molar-refractivity contribution < 1.29 is 13.2 Å². The number of hydrogen-bond donors (Lipinski definition) is 0. The van der Waals surface area contributed by atoms with Crippen LogP contribution in [0, 0.1) is 0 Å². The van der Waals surface area contributed by atoms with Gasteiger partial charge in [-0.15, -0.1) is 11.3 Å². The van der Waals surface area contributed by atoms with E-state index in [4.69, 9.17) is 4.74 Å². The third-order valence-corrected chi connectivity index (χ3v) is 7.42. The van der Waals surface area contributed by atoms with Crippen LogP contribution in [-0.2, 0) is 21.4 Å². The van der Waals surface area contributed by atoms with Gasteiger partial charge in [-0.2, -0.15) is 17.0 Å². The van der Waals surface area contributed by atoms with Gasteiger partial charge in [-0.3, -0.25) is 0 Å². The third kappa shape index (κ3) is 2.85. The summed E-state index contributed by atoms with van der Waals surface area (Å²) in [4.78, 5) is 1.34. The fraction of sp³-hybridized carbons (Fsp3) is 0.733. The SMILES string of the molecule is CC[C@@H]1c2ccsc2CCN1S(=O)(=O)N1C[C@H](C)O[C@@H](C)C1. The van der Waals surface area contributed by atoms with Crippen LogP contribution in [0.2, 0.25) is 0 Å². The smallest absolute Gasteiger partial charge is 0.282 e. The summed E-state index contributed by atoms with van der Waals surface area (Å²) in [7, 11) is -3.44. The molecule has 1 saturated heterocycles. The van der Waals surface area contributed by atoms with Crippen molar-refractivity contribution >= 4 is 21.5 Å². The van der Waals surface area contributed by atoms with Gasteiger partial charge in [-0.1, -0.05) is 6.92 Å². The minimum Gasteiger partial charge on any atom is -0.373 e. The second-order valence-electron chi connectivity index (χ2n) is 6.17. The molecule has 2 aliphatic heterocycles. The summed E-state index contributed by atoms with van der Waals surface area (Å²) in [5, 5.41) is 2.07. The van der Waals surface area contributed by atoms with Crippen LogP contribution in [0.25, 0.3) is 0 Å².